The predicted octanol–water partition coefficient (Wildman–Crippen LogP) is 3.11. The van der Waals surface area contributed by atoms with Crippen molar-refractivity contribution in [1.29, 1.82) is 0 Å². The van der Waals surface area contributed by atoms with Crippen molar-refractivity contribution in [1.82, 2.24) is 19.8 Å². The standard InChI is InChI=1S/C23H29N5O3/c1-16-15-28(20(13-21(29)30)18-6-2-10-24-14-18)23(31)27(16)12-4-7-19-9-8-17-5-3-11-25-22(17)26-19/h2,6,8-10,14,16,20H,3-5,7,11-13,15H2,1H3,(H,25,26)(H,29,30). The molecule has 164 valence electrons. The molecule has 2 aromatic rings. The van der Waals surface area contributed by atoms with Gasteiger partial charge in [-0.15, -0.1) is 0 Å². The van der Waals surface area contributed by atoms with Crippen LogP contribution in [0.1, 0.15) is 49.0 Å². The Hall–Kier alpha value is -3.16. The molecule has 4 rings (SSSR count). The average Bonchev–Trinajstić information content (AvgIpc) is 3.06. The number of rotatable bonds is 8. The number of aliphatic carboxylic acids is 1. The Balaban J connectivity index is 1.39. The molecule has 4 heterocycles. The molecular formula is C23H29N5O3. The topological polar surface area (TPSA) is 98.7 Å². The van der Waals surface area contributed by atoms with Crippen molar-refractivity contribution < 1.29 is 14.7 Å². The molecule has 31 heavy (non-hydrogen) atoms. The van der Waals surface area contributed by atoms with Gasteiger partial charge in [0.2, 0.25) is 0 Å². The molecule has 2 amide bonds. The van der Waals surface area contributed by atoms with Crippen LogP contribution in [0.4, 0.5) is 10.6 Å². The van der Waals surface area contributed by atoms with Crippen LogP contribution in [0.25, 0.3) is 0 Å². The van der Waals surface area contributed by atoms with Gasteiger partial charge in [-0.1, -0.05) is 12.1 Å². The van der Waals surface area contributed by atoms with Crippen molar-refractivity contribution in [3.63, 3.8) is 0 Å². The van der Waals surface area contributed by atoms with Gasteiger partial charge in [0.25, 0.3) is 0 Å². The van der Waals surface area contributed by atoms with E-state index >= 15 is 0 Å². The summed E-state index contributed by atoms with van der Waals surface area (Å²) < 4.78 is 0. The highest BCUT2D eigenvalue weighted by Gasteiger charge is 2.39. The first kappa shape index (κ1) is 21.1. The minimum Gasteiger partial charge on any atom is -0.481 e. The number of carboxylic acid groups (broad SMARTS) is 1. The molecule has 0 radical (unpaired) electrons. The molecule has 8 nitrogen and oxygen atoms in total. The summed E-state index contributed by atoms with van der Waals surface area (Å²) in [7, 11) is 0. The number of hydrogen-bond donors (Lipinski definition) is 2. The van der Waals surface area contributed by atoms with E-state index in [1.165, 1.54) is 5.56 Å². The quantitative estimate of drug-likeness (QED) is 0.677. The summed E-state index contributed by atoms with van der Waals surface area (Å²) >= 11 is 0. The Morgan fingerprint density at radius 3 is 3.00 bits per heavy atom. The van der Waals surface area contributed by atoms with E-state index in [2.05, 4.69) is 22.4 Å². The number of aromatic nitrogens is 2. The number of anilines is 1. The maximum atomic E-state index is 13.2. The smallest absolute Gasteiger partial charge is 0.320 e. The highest BCUT2D eigenvalue weighted by atomic mass is 16.4. The van der Waals surface area contributed by atoms with Crippen LogP contribution in [0.2, 0.25) is 0 Å². The van der Waals surface area contributed by atoms with Crippen molar-refractivity contribution in [2.75, 3.05) is 25.0 Å². The van der Waals surface area contributed by atoms with Gasteiger partial charge in [0.05, 0.1) is 12.5 Å². The zero-order chi connectivity index (χ0) is 21.8. The number of carboxylic acids is 1. The Bertz CT molecular complexity index is 936. The fourth-order valence-electron chi connectivity index (χ4n) is 4.48. The van der Waals surface area contributed by atoms with Crippen LogP contribution in [0.5, 0.6) is 0 Å². The number of hydrogen-bond acceptors (Lipinski definition) is 5. The van der Waals surface area contributed by atoms with E-state index in [9.17, 15) is 14.7 Å². The number of amides is 2. The molecule has 8 heteroatoms. The Labute approximate surface area is 182 Å². The maximum absolute atomic E-state index is 13.2. The van der Waals surface area contributed by atoms with E-state index in [1.807, 2.05) is 17.9 Å². The Morgan fingerprint density at radius 1 is 1.35 bits per heavy atom. The zero-order valence-corrected chi connectivity index (χ0v) is 17.8. The number of carbonyl (C=O) groups excluding carboxylic acids is 1. The summed E-state index contributed by atoms with van der Waals surface area (Å²) in [5, 5.41) is 12.8. The number of urea groups is 1. The van der Waals surface area contributed by atoms with Crippen LogP contribution >= 0.6 is 0 Å². The zero-order valence-electron chi connectivity index (χ0n) is 17.8. The van der Waals surface area contributed by atoms with Gasteiger partial charge in [0, 0.05) is 43.8 Å². The van der Waals surface area contributed by atoms with Crippen LogP contribution < -0.4 is 5.32 Å². The number of nitrogens with one attached hydrogen (secondary N) is 1. The van der Waals surface area contributed by atoms with E-state index in [0.29, 0.717) is 13.1 Å². The fourth-order valence-corrected chi connectivity index (χ4v) is 4.48. The maximum Gasteiger partial charge on any atom is 0.320 e. The van der Waals surface area contributed by atoms with Gasteiger partial charge in [0.15, 0.2) is 0 Å². The van der Waals surface area contributed by atoms with Crippen LogP contribution in [0.3, 0.4) is 0 Å². The van der Waals surface area contributed by atoms with Crippen molar-refractivity contribution in [3.05, 3.63) is 53.5 Å². The number of carbonyl (C=O) groups is 2. The van der Waals surface area contributed by atoms with Crippen molar-refractivity contribution in [2.45, 2.75) is 51.1 Å². The Morgan fingerprint density at radius 2 is 2.23 bits per heavy atom. The molecule has 0 aliphatic carbocycles. The van der Waals surface area contributed by atoms with Crippen LogP contribution in [-0.2, 0) is 17.6 Å². The predicted molar refractivity (Wildman–Crippen MR) is 117 cm³/mol. The molecule has 2 aliphatic heterocycles. The minimum atomic E-state index is -0.931. The third-order valence-corrected chi connectivity index (χ3v) is 6.08. The van der Waals surface area contributed by atoms with Crippen molar-refractivity contribution in [3.8, 4) is 0 Å². The van der Waals surface area contributed by atoms with E-state index in [-0.39, 0.29) is 18.5 Å². The summed E-state index contributed by atoms with van der Waals surface area (Å²) in [5.74, 6) is 0.0633. The molecule has 2 aromatic heterocycles. The first-order chi connectivity index (χ1) is 15.0. The third kappa shape index (κ3) is 4.78. The molecule has 0 saturated carbocycles. The summed E-state index contributed by atoms with van der Waals surface area (Å²) in [4.78, 5) is 37.0. The van der Waals surface area contributed by atoms with Gasteiger partial charge in [0.1, 0.15) is 5.82 Å². The monoisotopic (exact) mass is 423 g/mol. The molecule has 2 N–H and O–H groups in total. The number of nitrogens with zero attached hydrogens (tertiary/aromatic N) is 4. The number of aryl methyl sites for hydroxylation is 2. The molecule has 0 aromatic carbocycles. The fraction of sp³-hybridized carbons (Fsp3) is 0.478. The first-order valence-electron chi connectivity index (χ1n) is 10.9. The number of fused-ring (bicyclic) bond motifs is 1. The Kier molecular flexibility index (Phi) is 6.34. The van der Waals surface area contributed by atoms with Gasteiger partial charge in [-0.05, 0) is 55.9 Å². The van der Waals surface area contributed by atoms with Gasteiger partial charge < -0.3 is 20.2 Å². The normalized spacial score (nSPS) is 19.1. The van der Waals surface area contributed by atoms with Crippen LogP contribution in [0.15, 0.2) is 36.7 Å². The van der Waals surface area contributed by atoms with Gasteiger partial charge >= 0.3 is 12.0 Å². The summed E-state index contributed by atoms with van der Waals surface area (Å²) in [5.41, 5.74) is 3.05. The largest absolute Gasteiger partial charge is 0.481 e. The molecule has 1 fully saturated rings. The molecule has 2 unspecified atom stereocenters. The first-order valence-corrected chi connectivity index (χ1v) is 10.9. The van der Waals surface area contributed by atoms with E-state index in [4.69, 9.17) is 4.98 Å². The second-order valence-corrected chi connectivity index (χ2v) is 8.32. The van der Waals surface area contributed by atoms with Crippen molar-refractivity contribution in [2.24, 2.45) is 0 Å². The summed E-state index contributed by atoms with van der Waals surface area (Å²) in [6.45, 7) is 4.11. The minimum absolute atomic E-state index is 0.0265. The lowest BCUT2D eigenvalue weighted by atomic mass is 10.0. The lowest BCUT2D eigenvalue weighted by molar-refractivity contribution is -0.138. The van der Waals surface area contributed by atoms with E-state index in [1.54, 1.807) is 23.4 Å². The molecule has 0 spiro atoms. The lowest BCUT2D eigenvalue weighted by Crippen LogP contribution is -2.37. The summed E-state index contributed by atoms with van der Waals surface area (Å²) in [6.07, 6.45) is 6.97. The van der Waals surface area contributed by atoms with E-state index < -0.39 is 12.0 Å². The third-order valence-electron chi connectivity index (χ3n) is 6.08. The van der Waals surface area contributed by atoms with E-state index in [0.717, 1.165) is 49.3 Å². The second kappa shape index (κ2) is 9.32. The van der Waals surface area contributed by atoms with Gasteiger partial charge in [-0.3, -0.25) is 9.78 Å². The summed E-state index contributed by atoms with van der Waals surface area (Å²) in [6, 6.07) is 7.24. The van der Waals surface area contributed by atoms with Gasteiger partial charge in [-0.2, -0.15) is 0 Å². The van der Waals surface area contributed by atoms with Crippen LogP contribution in [-0.4, -0.2) is 62.6 Å². The van der Waals surface area contributed by atoms with Crippen LogP contribution in [0, 0.1) is 0 Å². The molecular weight excluding hydrogens is 394 g/mol. The second-order valence-electron chi connectivity index (χ2n) is 8.32. The SMILES string of the molecule is CC1CN(C(CC(=O)O)c2cccnc2)C(=O)N1CCCc1ccc2c(n1)NCCC2. The highest BCUT2D eigenvalue weighted by molar-refractivity contribution is 5.79. The molecule has 2 atom stereocenters. The molecule has 2 aliphatic rings. The van der Waals surface area contributed by atoms with Crippen molar-refractivity contribution >= 4 is 17.8 Å². The number of pyridine rings is 2. The molecule has 0 bridgehead atoms. The lowest BCUT2D eigenvalue weighted by Gasteiger charge is -2.27. The molecule has 1 saturated heterocycles. The highest BCUT2D eigenvalue weighted by Crippen LogP contribution is 2.30. The average molecular weight is 424 g/mol. The van der Waals surface area contributed by atoms with Gasteiger partial charge in [-0.25, -0.2) is 9.78 Å².